The van der Waals surface area contributed by atoms with E-state index in [9.17, 15) is 19.2 Å². The number of rotatable bonds is 21. The van der Waals surface area contributed by atoms with Crippen LogP contribution in [0.3, 0.4) is 0 Å². The first-order valence-electron chi connectivity index (χ1n) is 24.8. The first-order chi connectivity index (χ1) is 35.5. The van der Waals surface area contributed by atoms with Gasteiger partial charge in [0.25, 0.3) is 0 Å². The van der Waals surface area contributed by atoms with Gasteiger partial charge in [0.05, 0.1) is 41.0 Å². The molecule has 1 unspecified atom stereocenters. The Balaban J connectivity index is 0.717. The number of nitrogens with zero attached hydrogens (tertiary/aromatic N) is 7. The van der Waals surface area contributed by atoms with Gasteiger partial charge in [-0.05, 0) is 93.3 Å². The van der Waals surface area contributed by atoms with Gasteiger partial charge >= 0.3 is 0 Å². The van der Waals surface area contributed by atoms with Crippen molar-refractivity contribution in [3.8, 4) is 21.2 Å². The Morgan fingerprint density at radius 2 is 1.59 bits per heavy atom. The summed E-state index contributed by atoms with van der Waals surface area (Å²) in [7, 11) is 0. The van der Waals surface area contributed by atoms with Crippen LogP contribution in [-0.4, -0.2) is 111 Å². The van der Waals surface area contributed by atoms with Crippen LogP contribution in [0.15, 0.2) is 77.4 Å². The average Bonchev–Trinajstić information content (AvgIpc) is 4.18. The molecular formula is C54H63ClN10O7S2. The number of aryl methyl sites for hydroxylation is 3. The van der Waals surface area contributed by atoms with Crippen LogP contribution < -0.4 is 20.7 Å². The molecule has 0 radical (unpaired) electrons. The fourth-order valence-corrected chi connectivity index (χ4v) is 11.1. The van der Waals surface area contributed by atoms with E-state index >= 15 is 0 Å². The number of ether oxygens (including phenoxy) is 3. The van der Waals surface area contributed by atoms with Crippen molar-refractivity contribution in [3.63, 3.8) is 0 Å². The summed E-state index contributed by atoms with van der Waals surface area (Å²) in [5, 5.41) is 19.3. The number of benzene rings is 2. The second kappa shape index (κ2) is 24.3. The number of likely N-dealkylation sites (tertiary alicyclic amines) is 1. The van der Waals surface area contributed by atoms with E-state index in [1.807, 2.05) is 93.2 Å². The molecule has 1 saturated heterocycles. The summed E-state index contributed by atoms with van der Waals surface area (Å²) >= 11 is 9.50. The fourth-order valence-electron chi connectivity index (χ4n) is 8.90. The first-order valence-corrected chi connectivity index (χ1v) is 26.9. The lowest BCUT2D eigenvalue weighted by atomic mass is 9.85. The quantitative estimate of drug-likeness (QED) is 0.0582. The molecule has 3 N–H and O–H groups in total. The third-order valence-corrected chi connectivity index (χ3v) is 15.4. The lowest BCUT2D eigenvalue weighted by molar-refractivity contribution is -0.144. The van der Waals surface area contributed by atoms with Gasteiger partial charge in [0.2, 0.25) is 23.6 Å². The lowest BCUT2D eigenvalue weighted by Gasteiger charge is -2.35. The number of carbonyl (C=O) groups is 4. The van der Waals surface area contributed by atoms with Gasteiger partial charge < -0.3 is 35.1 Å². The second-order valence-electron chi connectivity index (χ2n) is 19.5. The van der Waals surface area contributed by atoms with Crippen molar-refractivity contribution in [2.45, 2.75) is 105 Å². The van der Waals surface area contributed by atoms with E-state index in [0.29, 0.717) is 93.4 Å². The summed E-state index contributed by atoms with van der Waals surface area (Å²) in [6.45, 7) is 15.9. The zero-order chi connectivity index (χ0) is 52.5. The maximum absolute atomic E-state index is 14.0. The zero-order valence-electron chi connectivity index (χ0n) is 42.8. The highest BCUT2D eigenvalue weighted by Gasteiger charge is 2.42. The van der Waals surface area contributed by atoms with Crippen LogP contribution in [0.4, 0.5) is 5.82 Å². The van der Waals surface area contributed by atoms with Gasteiger partial charge in [-0.15, -0.1) is 32.9 Å². The minimum Gasteiger partial charge on any atom is -0.492 e. The number of aromatic nitrogens is 5. The van der Waals surface area contributed by atoms with Gasteiger partial charge in [0.1, 0.15) is 47.1 Å². The van der Waals surface area contributed by atoms with E-state index in [4.69, 9.17) is 30.8 Å². The van der Waals surface area contributed by atoms with Crippen LogP contribution in [0.5, 0.6) is 5.75 Å². The molecular weight excluding hydrogens is 1000 g/mol. The lowest BCUT2D eigenvalue weighted by Crippen LogP contribution is -2.58. The van der Waals surface area contributed by atoms with Gasteiger partial charge in [-0.1, -0.05) is 68.8 Å². The molecule has 0 spiro atoms. The fraction of sp³-hybridized carbons (Fsp3) is 0.426. The molecule has 6 aromatic rings. The van der Waals surface area contributed by atoms with Crippen molar-refractivity contribution < 1.29 is 33.4 Å². The number of fused-ring (bicyclic) bond motifs is 3. The Labute approximate surface area is 444 Å². The number of hydrogen-bond donors (Lipinski definition) is 3. The Morgan fingerprint density at radius 3 is 2.30 bits per heavy atom. The van der Waals surface area contributed by atoms with Gasteiger partial charge in [-0.2, -0.15) is 0 Å². The number of halogens is 1. The van der Waals surface area contributed by atoms with E-state index in [1.54, 1.807) is 45.9 Å². The standard InChI is InChI=1S/C54H63ClN10O7S2/c1-32-34(3)74-53-46(32)47(37-16-18-39(55)19-17-37)59-41(50-63-62-35(4)65(50)53)27-44(66)60-43-21-20-40(29-56-43)72-26-10-24-70-23-9-25-71-30-45(67)61-49(54(5,6)7)52(69)64-22-8-11-42(64)51(68)57-28-36-12-14-38(15-13-36)48-33(2)58-31-73-48/h12-21,29,31,41-42,49H,8-11,22-28,30H2,1-7H3,(H,57,68)(H,61,67)(H,56,60,66)/t41-,42-,49?/m0/s1. The second-order valence-corrected chi connectivity index (χ2v) is 22.0. The zero-order valence-corrected chi connectivity index (χ0v) is 45.2. The van der Waals surface area contributed by atoms with E-state index in [2.05, 4.69) is 50.0 Å². The van der Waals surface area contributed by atoms with Crippen LogP contribution in [0, 0.1) is 33.1 Å². The first kappa shape index (κ1) is 53.9. The van der Waals surface area contributed by atoms with E-state index < -0.39 is 29.4 Å². The predicted octanol–water partition coefficient (Wildman–Crippen LogP) is 8.69. The molecule has 0 saturated carbocycles. The Hall–Kier alpha value is -6.38. The van der Waals surface area contributed by atoms with Crippen LogP contribution in [0.1, 0.15) is 103 Å². The van der Waals surface area contributed by atoms with E-state index in [-0.39, 0.29) is 30.7 Å². The van der Waals surface area contributed by atoms with Crippen molar-refractivity contribution in [1.82, 2.24) is 40.3 Å². The van der Waals surface area contributed by atoms with Crippen molar-refractivity contribution in [2.24, 2.45) is 10.4 Å². The molecule has 3 atom stereocenters. The highest BCUT2D eigenvalue weighted by Crippen LogP contribution is 2.40. The molecule has 390 valence electrons. The highest BCUT2D eigenvalue weighted by atomic mass is 35.5. The number of carbonyl (C=O) groups excluding carboxylic acids is 4. The summed E-state index contributed by atoms with van der Waals surface area (Å²) in [6.07, 6.45) is 4.02. The topological polar surface area (TPSA) is 204 Å². The number of hydrogen-bond acceptors (Lipinski definition) is 14. The Kier molecular flexibility index (Phi) is 17.7. The summed E-state index contributed by atoms with van der Waals surface area (Å²) in [4.78, 5) is 71.8. The van der Waals surface area contributed by atoms with Crippen molar-refractivity contribution in [1.29, 1.82) is 0 Å². The summed E-state index contributed by atoms with van der Waals surface area (Å²) in [6, 6.07) is 16.9. The molecule has 4 aromatic heterocycles. The molecule has 2 aromatic carbocycles. The maximum atomic E-state index is 14.0. The smallest absolute Gasteiger partial charge is 0.246 e. The minimum atomic E-state index is -0.844. The molecule has 4 amide bonds. The highest BCUT2D eigenvalue weighted by molar-refractivity contribution is 7.15. The van der Waals surface area contributed by atoms with Crippen molar-refractivity contribution in [3.05, 3.63) is 122 Å². The average molecular weight is 1060 g/mol. The third kappa shape index (κ3) is 13.1. The number of amides is 4. The molecule has 17 nitrogen and oxygen atoms in total. The van der Waals surface area contributed by atoms with Gasteiger partial charge in [-0.3, -0.25) is 28.7 Å². The molecule has 2 aliphatic rings. The largest absolute Gasteiger partial charge is 0.492 e. The third-order valence-electron chi connectivity index (χ3n) is 12.9. The van der Waals surface area contributed by atoms with Crippen LogP contribution in [0.25, 0.3) is 15.4 Å². The van der Waals surface area contributed by atoms with Crippen molar-refractivity contribution >= 4 is 69.4 Å². The number of nitrogens with one attached hydrogen (secondary N) is 3. The predicted molar refractivity (Wildman–Crippen MR) is 287 cm³/mol. The number of aliphatic imine (C=N–C) groups is 1. The summed E-state index contributed by atoms with van der Waals surface area (Å²) < 4.78 is 19.3. The van der Waals surface area contributed by atoms with Crippen molar-refractivity contribution in [2.75, 3.05) is 44.9 Å². The Bertz CT molecular complexity index is 2970. The van der Waals surface area contributed by atoms with Gasteiger partial charge in [0.15, 0.2) is 5.82 Å². The molecule has 0 aliphatic carbocycles. The molecule has 20 heteroatoms. The van der Waals surface area contributed by atoms with Gasteiger partial charge in [0, 0.05) is 60.4 Å². The molecule has 0 bridgehead atoms. The normalized spacial score (nSPS) is 15.7. The molecule has 1 fully saturated rings. The molecule has 8 rings (SSSR count). The van der Waals surface area contributed by atoms with Crippen LogP contribution in [-0.2, 0) is 35.2 Å². The summed E-state index contributed by atoms with van der Waals surface area (Å²) in [5.74, 6) is 1.05. The summed E-state index contributed by atoms with van der Waals surface area (Å²) in [5.41, 5.74) is 8.00. The molecule has 2 aliphatic heterocycles. The van der Waals surface area contributed by atoms with E-state index in [0.717, 1.165) is 54.0 Å². The number of anilines is 1. The van der Waals surface area contributed by atoms with Crippen LogP contribution >= 0.6 is 34.3 Å². The molecule has 6 heterocycles. The van der Waals surface area contributed by atoms with E-state index in [1.165, 1.54) is 0 Å². The number of thiazole rings is 1. The minimum absolute atomic E-state index is 0.0141. The number of thiophene rings is 1. The van der Waals surface area contributed by atoms with Crippen LogP contribution in [0.2, 0.25) is 5.02 Å². The van der Waals surface area contributed by atoms with Gasteiger partial charge in [-0.25, -0.2) is 9.97 Å². The SMILES string of the molecule is Cc1ncsc1-c1ccc(CNC(=O)[C@@H]2CCCN2C(=O)C(NC(=O)COCCCOCCCOc2ccc(NC(=O)C[C@@H]3N=C(c4ccc(Cl)cc4)c4c(sc(C)c4C)-n4c(C)nnc43)nc2)C(C)(C)C)cc1. The molecule has 74 heavy (non-hydrogen) atoms. The monoisotopic (exact) mass is 1060 g/mol. The number of pyridine rings is 1. The Morgan fingerprint density at radius 1 is 0.865 bits per heavy atom. The maximum Gasteiger partial charge on any atom is 0.246 e.